The molecule has 1 saturated carbocycles. The van der Waals surface area contributed by atoms with Crippen LogP contribution in [-0.4, -0.2) is 32.6 Å². The number of hydrogen-bond acceptors (Lipinski definition) is 4. The van der Waals surface area contributed by atoms with E-state index in [0.717, 1.165) is 61.4 Å². The quantitative estimate of drug-likeness (QED) is 0.498. The lowest BCUT2D eigenvalue weighted by Gasteiger charge is -2.10. The van der Waals surface area contributed by atoms with Gasteiger partial charge in [0.15, 0.2) is 5.82 Å². The zero-order valence-electron chi connectivity index (χ0n) is 18.8. The van der Waals surface area contributed by atoms with Gasteiger partial charge in [-0.25, -0.2) is 0 Å². The smallest absolute Gasteiger partial charge is 0.251 e. The van der Waals surface area contributed by atoms with Crippen molar-refractivity contribution in [1.82, 2.24) is 20.1 Å². The lowest BCUT2D eigenvalue weighted by Crippen LogP contribution is -2.25. The van der Waals surface area contributed by atoms with Gasteiger partial charge >= 0.3 is 0 Å². The summed E-state index contributed by atoms with van der Waals surface area (Å²) in [5.41, 5.74) is 2.84. The third kappa shape index (κ3) is 5.20. The average Bonchev–Trinajstić information content (AvgIpc) is 3.62. The van der Waals surface area contributed by atoms with Crippen molar-refractivity contribution in [3.8, 4) is 11.4 Å². The molecular formula is C26H26ClN5O2. The van der Waals surface area contributed by atoms with E-state index in [1.807, 2.05) is 18.2 Å². The van der Waals surface area contributed by atoms with Crippen molar-refractivity contribution in [2.45, 2.75) is 51.1 Å². The Labute approximate surface area is 203 Å². The molecule has 34 heavy (non-hydrogen) atoms. The fourth-order valence-corrected chi connectivity index (χ4v) is 4.26. The first-order valence-corrected chi connectivity index (χ1v) is 12.1. The molecule has 0 atom stereocenters. The molecule has 1 aliphatic heterocycles. The van der Waals surface area contributed by atoms with E-state index in [4.69, 9.17) is 11.6 Å². The first kappa shape index (κ1) is 22.3. The number of rotatable bonds is 6. The third-order valence-corrected chi connectivity index (χ3v) is 6.43. The van der Waals surface area contributed by atoms with Crippen molar-refractivity contribution in [1.29, 1.82) is 0 Å². The summed E-state index contributed by atoms with van der Waals surface area (Å²) in [6, 6.07) is 12.9. The summed E-state index contributed by atoms with van der Waals surface area (Å²) < 4.78 is 2.13. The van der Waals surface area contributed by atoms with E-state index >= 15 is 0 Å². The summed E-state index contributed by atoms with van der Waals surface area (Å²) in [5, 5.41) is 15.2. The molecule has 5 rings (SSSR count). The number of aromatic nitrogens is 3. The number of aryl methyl sites for hydroxylation is 1. The van der Waals surface area contributed by atoms with Crippen LogP contribution in [0.3, 0.4) is 0 Å². The standard InChI is InChI=1S/C26H26ClN5O2/c27-22-13-12-20(16-21(22)25-31-30-23-4-2-1-3-15-32(23)25)28-24(33)14-7-17-5-8-18(9-6-17)26(34)29-19-10-11-19/h5-9,12-14,16,19H,1-4,10-11,15H2,(H,28,33)(H,29,34)/b14-7+. The van der Waals surface area contributed by atoms with Gasteiger partial charge in [0.05, 0.1) is 5.02 Å². The highest BCUT2D eigenvalue weighted by molar-refractivity contribution is 6.33. The Balaban J connectivity index is 1.26. The molecule has 7 nitrogen and oxygen atoms in total. The Morgan fingerprint density at radius 2 is 1.85 bits per heavy atom. The molecule has 174 valence electrons. The zero-order valence-corrected chi connectivity index (χ0v) is 19.5. The lowest BCUT2D eigenvalue weighted by molar-refractivity contribution is -0.111. The second kappa shape index (κ2) is 9.81. The molecule has 0 radical (unpaired) electrons. The van der Waals surface area contributed by atoms with Crippen LogP contribution in [0.1, 0.15) is 53.8 Å². The second-order valence-corrected chi connectivity index (χ2v) is 9.20. The summed E-state index contributed by atoms with van der Waals surface area (Å²) >= 11 is 6.48. The van der Waals surface area contributed by atoms with Gasteiger partial charge in [-0.2, -0.15) is 0 Å². The number of anilines is 1. The van der Waals surface area contributed by atoms with Gasteiger partial charge < -0.3 is 15.2 Å². The first-order valence-electron chi connectivity index (χ1n) is 11.7. The molecular weight excluding hydrogens is 450 g/mol. The minimum absolute atomic E-state index is 0.0566. The van der Waals surface area contributed by atoms with Gasteiger partial charge in [0.1, 0.15) is 5.82 Å². The van der Waals surface area contributed by atoms with Crippen molar-refractivity contribution in [2.75, 3.05) is 5.32 Å². The van der Waals surface area contributed by atoms with Gasteiger partial charge in [-0.1, -0.05) is 30.2 Å². The van der Waals surface area contributed by atoms with Crippen LogP contribution in [-0.2, 0) is 17.8 Å². The Hall–Kier alpha value is -3.45. The number of benzene rings is 2. The summed E-state index contributed by atoms with van der Waals surface area (Å²) in [4.78, 5) is 24.6. The molecule has 2 aliphatic rings. The van der Waals surface area contributed by atoms with E-state index in [1.54, 1.807) is 30.3 Å². The van der Waals surface area contributed by atoms with Gasteiger partial charge in [0.25, 0.3) is 5.91 Å². The summed E-state index contributed by atoms with van der Waals surface area (Å²) in [7, 11) is 0. The van der Waals surface area contributed by atoms with Gasteiger partial charge in [-0.05, 0) is 67.7 Å². The van der Waals surface area contributed by atoms with Crippen LogP contribution in [0.4, 0.5) is 5.69 Å². The fourth-order valence-electron chi connectivity index (χ4n) is 4.06. The van der Waals surface area contributed by atoms with E-state index < -0.39 is 0 Å². The van der Waals surface area contributed by atoms with E-state index in [-0.39, 0.29) is 11.8 Å². The zero-order chi connectivity index (χ0) is 23.5. The van der Waals surface area contributed by atoms with E-state index in [0.29, 0.717) is 22.3 Å². The van der Waals surface area contributed by atoms with Crippen LogP contribution in [0.15, 0.2) is 48.5 Å². The number of carbonyl (C=O) groups is 2. The van der Waals surface area contributed by atoms with Crippen molar-refractivity contribution in [3.63, 3.8) is 0 Å². The predicted octanol–water partition coefficient (Wildman–Crippen LogP) is 4.87. The molecule has 0 spiro atoms. The second-order valence-electron chi connectivity index (χ2n) is 8.79. The Morgan fingerprint density at radius 1 is 1.03 bits per heavy atom. The number of carbonyl (C=O) groups excluding carboxylic acids is 2. The Bertz CT molecular complexity index is 1240. The number of amides is 2. The van der Waals surface area contributed by atoms with Crippen molar-refractivity contribution in [2.24, 2.45) is 0 Å². The molecule has 8 heteroatoms. The molecule has 1 aliphatic carbocycles. The predicted molar refractivity (Wildman–Crippen MR) is 133 cm³/mol. The number of fused-ring (bicyclic) bond motifs is 1. The number of nitrogens with one attached hydrogen (secondary N) is 2. The highest BCUT2D eigenvalue weighted by Crippen LogP contribution is 2.31. The Morgan fingerprint density at radius 3 is 2.65 bits per heavy atom. The molecule has 0 unspecified atom stereocenters. The van der Waals surface area contributed by atoms with Crippen molar-refractivity contribution < 1.29 is 9.59 Å². The maximum Gasteiger partial charge on any atom is 0.251 e. The number of nitrogens with zero attached hydrogens (tertiary/aromatic N) is 3. The van der Waals surface area contributed by atoms with Crippen LogP contribution in [0.2, 0.25) is 5.02 Å². The highest BCUT2D eigenvalue weighted by atomic mass is 35.5. The first-order chi connectivity index (χ1) is 16.6. The van der Waals surface area contributed by atoms with E-state index in [2.05, 4.69) is 25.4 Å². The molecule has 2 aromatic carbocycles. The minimum atomic E-state index is -0.260. The van der Waals surface area contributed by atoms with Crippen LogP contribution in [0, 0.1) is 0 Å². The summed E-state index contributed by atoms with van der Waals surface area (Å²) in [6.45, 7) is 0.869. The van der Waals surface area contributed by atoms with Crippen molar-refractivity contribution >= 4 is 35.2 Å². The molecule has 3 aromatic rings. The monoisotopic (exact) mass is 475 g/mol. The van der Waals surface area contributed by atoms with Gasteiger partial charge in [0.2, 0.25) is 5.91 Å². The van der Waals surface area contributed by atoms with Crippen molar-refractivity contribution in [3.05, 3.63) is 70.5 Å². The van der Waals surface area contributed by atoms with Crippen LogP contribution >= 0.6 is 11.6 Å². The summed E-state index contributed by atoms with van der Waals surface area (Å²) in [6.07, 6.45) is 9.58. The SMILES string of the molecule is O=C(/C=C/c1ccc(C(=O)NC2CC2)cc1)Nc1ccc(Cl)c(-c2nnc3n2CCCCC3)c1. The maximum atomic E-state index is 12.5. The van der Waals surface area contributed by atoms with Gasteiger partial charge in [-0.15, -0.1) is 10.2 Å². The average molecular weight is 476 g/mol. The maximum absolute atomic E-state index is 12.5. The van der Waals surface area contributed by atoms with Crippen LogP contribution in [0.25, 0.3) is 17.5 Å². The number of hydrogen-bond donors (Lipinski definition) is 2. The lowest BCUT2D eigenvalue weighted by atomic mass is 10.1. The van der Waals surface area contributed by atoms with Gasteiger partial charge in [-0.3, -0.25) is 9.59 Å². The number of halogens is 1. The van der Waals surface area contributed by atoms with Gasteiger partial charge in [0, 0.05) is 41.9 Å². The highest BCUT2D eigenvalue weighted by Gasteiger charge is 2.23. The molecule has 0 bridgehead atoms. The molecule has 1 aromatic heterocycles. The molecule has 2 heterocycles. The molecule has 1 fully saturated rings. The minimum Gasteiger partial charge on any atom is -0.349 e. The normalized spacial score (nSPS) is 15.6. The fraction of sp³-hybridized carbons (Fsp3) is 0.308. The summed E-state index contributed by atoms with van der Waals surface area (Å²) in [5.74, 6) is 1.40. The van der Waals surface area contributed by atoms with Crippen LogP contribution in [0.5, 0.6) is 0 Å². The largest absolute Gasteiger partial charge is 0.349 e. The molecule has 2 N–H and O–H groups in total. The molecule has 2 amide bonds. The molecule has 0 saturated heterocycles. The van der Waals surface area contributed by atoms with E-state index in [1.165, 1.54) is 12.5 Å². The topological polar surface area (TPSA) is 88.9 Å². The third-order valence-electron chi connectivity index (χ3n) is 6.10. The van der Waals surface area contributed by atoms with Crippen LogP contribution < -0.4 is 10.6 Å². The Kier molecular flexibility index (Phi) is 6.45. The van der Waals surface area contributed by atoms with E-state index in [9.17, 15) is 9.59 Å².